The Labute approximate surface area is 144 Å². The Bertz CT molecular complexity index is 590. The fourth-order valence-corrected chi connectivity index (χ4v) is 3.35. The van der Waals surface area contributed by atoms with Crippen LogP contribution in [0.5, 0.6) is 0 Å². The molecule has 0 unspecified atom stereocenters. The molecule has 1 aromatic rings. The molecule has 2 N–H and O–H groups in total. The predicted molar refractivity (Wildman–Crippen MR) is 95.8 cm³/mol. The number of nitrogens with one attached hydrogen (secondary N) is 2. The van der Waals surface area contributed by atoms with Crippen LogP contribution in [0.3, 0.4) is 0 Å². The first kappa shape index (κ1) is 18.3. The molecule has 1 heterocycles. The van der Waals surface area contributed by atoms with Gasteiger partial charge in [-0.05, 0) is 37.6 Å². The first-order valence-corrected chi connectivity index (χ1v) is 8.43. The molecule has 1 saturated heterocycles. The Kier molecular flexibility index (Phi) is 6.20. The van der Waals surface area contributed by atoms with Crippen molar-refractivity contribution in [1.82, 2.24) is 15.1 Å². The number of carbonyl (C=O) groups excluding carboxylic acids is 2. The molecule has 0 aliphatic carbocycles. The van der Waals surface area contributed by atoms with E-state index in [1.54, 1.807) is 0 Å². The number of carbonyl (C=O) groups is 2. The van der Waals surface area contributed by atoms with Crippen molar-refractivity contribution >= 4 is 17.6 Å². The molecule has 0 spiro atoms. The van der Waals surface area contributed by atoms with Gasteiger partial charge in [-0.3, -0.25) is 4.79 Å². The van der Waals surface area contributed by atoms with Gasteiger partial charge in [0.15, 0.2) is 0 Å². The van der Waals surface area contributed by atoms with E-state index in [0.717, 1.165) is 30.8 Å². The summed E-state index contributed by atoms with van der Waals surface area (Å²) in [7, 11) is 3.98. The normalized spacial score (nSPS) is 21.2. The second-order valence-electron chi connectivity index (χ2n) is 6.70. The van der Waals surface area contributed by atoms with Gasteiger partial charge < -0.3 is 20.4 Å². The van der Waals surface area contributed by atoms with Crippen molar-refractivity contribution in [1.29, 1.82) is 0 Å². The van der Waals surface area contributed by atoms with Gasteiger partial charge >= 0.3 is 6.03 Å². The van der Waals surface area contributed by atoms with Crippen molar-refractivity contribution in [3.05, 3.63) is 29.8 Å². The lowest BCUT2D eigenvalue weighted by atomic mass is 9.93. The van der Waals surface area contributed by atoms with E-state index >= 15 is 0 Å². The van der Waals surface area contributed by atoms with Crippen molar-refractivity contribution in [3.8, 4) is 0 Å². The first-order valence-electron chi connectivity index (χ1n) is 8.43. The molecule has 1 aliphatic heterocycles. The van der Waals surface area contributed by atoms with Crippen molar-refractivity contribution < 1.29 is 9.59 Å². The van der Waals surface area contributed by atoms with Crippen LogP contribution >= 0.6 is 0 Å². The highest BCUT2D eigenvalue weighted by atomic mass is 16.2. The second-order valence-corrected chi connectivity index (χ2v) is 6.70. The number of piperidine rings is 1. The molecule has 2 atom stereocenters. The molecular weight excluding hydrogens is 304 g/mol. The summed E-state index contributed by atoms with van der Waals surface area (Å²) in [6.07, 6.45) is 0.990. The van der Waals surface area contributed by atoms with Crippen LogP contribution in [0, 0.1) is 5.92 Å². The third-order valence-electron chi connectivity index (χ3n) is 4.64. The van der Waals surface area contributed by atoms with Gasteiger partial charge in [0, 0.05) is 38.8 Å². The number of nitrogens with zero attached hydrogens (tertiary/aromatic N) is 2. The first-order chi connectivity index (χ1) is 11.4. The van der Waals surface area contributed by atoms with Crippen LogP contribution in [-0.4, -0.2) is 55.0 Å². The van der Waals surface area contributed by atoms with Crippen LogP contribution < -0.4 is 10.6 Å². The maximum Gasteiger partial charge on any atom is 0.317 e. The molecule has 6 heteroatoms. The predicted octanol–water partition coefficient (Wildman–Crippen LogP) is 2.13. The number of urea groups is 1. The highest BCUT2D eigenvalue weighted by Gasteiger charge is 2.29. The minimum atomic E-state index is -0.119. The van der Waals surface area contributed by atoms with Crippen molar-refractivity contribution in [3.63, 3.8) is 0 Å². The fourth-order valence-electron chi connectivity index (χ4n) is 3.35. The molecule has 24 heavy (non-hydrogen) atoms. The molecule has 1 aromatic carbocycles. The average molecular weight is 332 g/mol. The molecule has 0 bridgehead atoms. The largest absolute Gasteiger partial charge is 0.334 e. The topological polar surface area (TPSA) is 64.7 Å². The van der Waals surface area contributed by atoms with Gasteiger partial charge in [0.05, 0.1) is 0 Å². The summed E-state index contributed by atoms with van der Waals surface area (Å²) in [5, 5.41) is 5.76. The summed E-state index contributed by atoms with van der Waals surface area (Å²) in [6.45, 7) is 6.08. The Balaban J connectivity index is 1.94. The van der Waals surface area contributed by atoms with Gasteiger partial charge in [0.25, 0.3) is 0 Å². The molecule has 2 rings (SSSR count). The lowest BCUT2D eigenvalue weighted by Gasteiger charge is -2.39. The number of rotatable bonds is 4. The third kappa shape index (κ3) is 4.71. The highest BCUT2D eigenvalue weighted by Crippen LogP contribution is 2.20. The summed E-state index contributed by atoms with van der Waals surface area (Å²) in [4.78, 5) is 27.9. The summed E-state index contributed by atoms with van der Waals surface area (Å²) < 4.78 is 0. The standard InChI is InChI=1S/C18H28N4O2/c1-13-12-21(3)10-9-17(13)22(4)18(24)19-11-15-7-5-6-8-16(15)20-14(2)23/h5-8,13,17H,9-12H2,1-4H3,(H,19,24)(H,20,23)/t13-,17+/m1/s1. The zero-order valence-corrected chi connectivity index (χ0v) is 15.0. The van der Waals surface area contributed by atoms with E-state index in [1.165, 1.54) is 6.92 Å². The molecule has 3 amide bonds. The summed E-state index contributed by atoms with van der Waals surface area (Å²) in [5.74, 6) is 0.331. The highest BCUT2D eigenvalue weighted by molar-refractivity contribution is 5.89. The van der Waals surface area contributed by atoms with E-state index in [2.05, 4.69) is 29.5 Å². The van der Waals surface area contributed by atoms with Gasteiger partial charge in [0.2, 0.25) is 5.91 Å². The SMILES string of the molecule is CC(=O)Nc1ccccc1CNC(=O)N(C)[C@H]1CCN(C)C[C@H]1C. The molecular formula is C18H28N4O2. The van der Waals surface area contributed by atoms with Crippen LogP contribution in [0.15, 0.2) is 24.3 Å². The number of anilines is 1. The molecule has 1 aliphatic rings. The molecule has 0 saturated carbocycles. The Hall–Kier alpha value is -2.08. The summed E-state index contributed by atoms with van der Waals surface area (Å²) in [6, 6.07) is 7.69. The van der Waals surface area contributed by atoms with Crippen LogP contribution in [0.2, 0.25) is 0 Å². The lowest BCUT2D eigenvalue weighted by molar-refractivity contribution is -0.114. The zero-order chi connectivity index (χ0) is 17.7. The van der Waals surface area contributed by atoms with Crippen LogP contribution in [0.4, 0.5) is 10.5 Å². The number of hydrogen-bond acceptors (Lipinski definition) is 3. The Morgan fingerprint density at radius 3 is 2.71 bits per heavy atom. The number of benzene rings is 1. The Morgan fingerprint density at radius 1 is 1.33 bits per heavy atom. The van der Waals surface area contributed by atoms with E-state index in [9.17, 15) is 9.59 Å². The van der Waals surface area contributed by atoms with Gasteiger partial charge in [-0.1, -0.05) is 25.1 Å². The van der Waals surface area contributed by atoms with E-state index < -0.39 is 0 Å². The molecule has 0 aromatic heterocycles. The van der Waals surface area contributed by atoms with E-state index in [-0.39, 0.29) is 18.0 Å². The van der Waals surface area contributed by atoms with Crippen molar-refractivity contribution in [2.24, 2.45) is 5.92 Å². The smallest absolute Gasteiger partial charge is 0.317 e. The maximum absolute atomic E-state index is 12.5. The minimum absolute atomic E-state index is 0.0750. The van der Waals surface area contributed by atoms with Crippen molar-refractivity contribution in [2.75, 3.05) is 32.5 Å². The number of likely N-dealkylation sites (tertiary alicyclic amines) is 1. The molecule has 6 nitrogen and oxygen atoms in total. The lowest BCUT2D eigenvalue weighted by Crippen LogP contribution is -2.52. The zero-order valence-electron chi connectivity index (χ0n) is 15.0. The number of para-hydroxylation sites is 1. The van der Waals surface area contributed by atoms with Crippen LogP contribution in [0.1, 0.15) is 25.8 Å². The number of hydrogen-bond donors (Lipinski definition) is 2. The van der Waals surface area contributed by atoms with Gasteiger partial charge in [-0.15, -0.1) is 0 Å². The monoisotopic (exact) mass is 332 g/mol. The van der Waals surface area contributed by atoms with Gasteiger partial charge in [-0.2, -0.15) is 0 Å². The fraction of sp³-hybridized carbons (Fsp3) is 0.556. The minimum Gasteiger partial charge on any atom is -0.334 e. The third-order valence-corrected chi connectivity index (χ3v) is 4.64. The molecule has 1 fully saturated rings. The van der Waals surface area contributed by atoms with E-state index in [4.69, 9.17) is 0 Å². The molecule has 132 valence electrons. The van der Waals surface area contributed by atoms with E-state index in [1.807, 2.05) is 36.2 Å². The Morgan fingerprint density at radius 2 is 2.04 bits per heavy atom. The summed E-state index contributed by atoms with van der Waals surface area (Å²) in [5.41, 5.74) is 1.63. The van der Waals surface area contributed by atoms with Crippen LogP contribution in [-0.2, 0) is 11.3 Å². The van der Waals surface area contributed by atoms with Gasteiger partial charge in [0.1, 0.15) is 0 Å². The molecule has 0 radical (unpaired) electrons. The maximum atomic E-state index is 12.5. The summed E-state index contributed by atoms with van der Waals surface area (Å²) >= 11 is 0. The number of amides is 3. The quantitative estimate of drug-likeness (QED) is 0.888. The van der Waals surface area contributed by atoms with Crippen LogP contribution in [0.25, 0.3) is 0 Å². The second kappa shape index (κ2) is 8.15. The van der Waals surface area contributed by atoms with E-state index in [0.29, 0.717) is 12.5 Å². The van der Waals surface area contributed by atoms with Crippen molar-refractivity contribution in [2.45, 2.75) is 32.9 Å². The van der Waals surface area contributed by atoms with Gasteiger partial charge in [-0.25, -0.2) is 4.79 Å². The average Bonchev–Trinajstić information content (AvgIpc) is 2.52.